The van der Waals surface area contributed by atoms with Gasteiger partial charge in [0.25, 0.3) is 0 Å². The molecule has 5 heteroatoms. The number of nitrogens with zero attached hydrogens (tertiary/aromatic N) is 2. The molecule has 1 atom stereocenters. The van der Waals surface area contributed by atoms with E-state index in [1.807, 2.05) is 19.0 Å². The van der Waals surface area contributed by atoms with Crippen molar-refractivity contribution in [2.75, 3.05) is 34.7 Å². The van der Waals surface area contributed by atoms with E-state index in [1.54, 1.807) is 12.1 Å². The van der Waals surface area contributed by atoms with Gasteiger partial charge in [0.15, 0.2) is 0 Å². The molecule has 1 aliphatic rings. The Morgan fingerprint density at radius 2 is 1.64 bits per heavy atom. The second-order valence-electron chi connectivity index (χ2n) is 7.67. The van der Waals surface area contributed by atoms with Crippen LogP contribution in [0.4, 0.5) is 4.39 Å². The van der Waals surface area contributed by atoms with E-state index >= 15 is 0 Å². The number of carbonyl (C=O) groups excluding carboxylic acids is 1. The molecule has 4 nitrogen and oxygen atoms in total. The lowest BCUT2D eigenvalue weighted by atomic mass is 9.88. The molecule has 1 aromatic carbocycles. The van der Waals surface area contributed by atoms with Crippen LogP contribution >= 0.6 is 0 Å². The highest BCUT2D eigenvalue weighted by Crippen LogP contribution is 2.31. The van der Waals surface area contributed by atoms with E-state index in [0.29, 0.717) is 6.54 Å². The zero-order valence-corrected chi connectivity index (χ0v) is 16.0. The normalized spacial score (nSPS) is 18.8. The molecule has 140 valence electrons. The maximum Gasteiger partial charge on any atom is 0.242 e. The zero-order chi connectivity index (χ0) is 18.4. The zero-order valence-electron chi connectivity index (χ0n) is 16.0. The molecule has 0 spiro atoms. The highest BCUT2D eigenvalue weighted by atomic mass is 19.1. The van der Waals surface area contributed by atoms with E-state index in [0.717, 1.165) is 18.4 Å². The summed E-state index contributed by atoms with van der Waals surface area (Å²) in [4.78, 5) is 17.1. The predicted molar refractivity (Wildman–Crippen MR) is 100.0 cm³/mol. The number of benzene rings is 1. The molecular formula is C20H32FN3O. The van der Waals surface area contributed by atoms with E-state index in [-0.39, 0.29) is 17.3 Å². The van der Waals surface area contributed by atoms with Crippen LogP contribution in [-0.4, -0.2) is 56.0 Å². The molecule has 0 radical (unpaired) electrons. The number of amides is 1. The van der Waals surface area contributed by atoms with Crippen molar-refractivity contribution in [1.82, 2.24) is 15.1 Å². The molecule has 0 unspecified atom stereocenters. The lowest BCUT2D eigenvalue weighted by Gasteiger charge is -2.40. The molecule has 1 amide bonds. The van der Waals surface area contributed by atoms with Crippen molar-refractivity contribution in [2.45, 2.75) is 50.1 Å². The maximum absolute atomic E-state index is 13.2. The third-order valence-electron chi connectivity index (χ3n) is 5.53. The van der Waals surface area contributed by atoms with Gasteiger partial charge in [0.1, 0.15) is 11.9 Å². The average Bonchev–Trinajstić information content (AvgIpc) is 2.81. The van der Waals surface area contributed by atoms with Crippen molar-refractivity contribution in [2.24, 2.45) is 0 Å². The molecule has 0 bridgehead atoms. The molecule has 25 heavy (non-hydrogen) atoms. The van der Waals surface area contributed by atoms with Crippen LogP contribution in [0.1, 0.15) is 50.1 Å². The molecule has 1 N–H and O–H groups in total. The van der Waals surface area contributed by atoms with Crippen LogP contribution in [-0.2, 0) is 4.79 Å². The topological polar surface area (TPSA) is 35.6 Å². The number of hydrogen-bond acceptors (Lipinski definition) is 3. The van der Waals surface area contributed by atoms with Gasteiger partial charge in [-0.3, -0.25) is 9.69 Å². The van der Waals surface area contributed by atoms with Crippen molar-refractivity contribution < 1.29 is 9.18 Å². The number of halogens is 1. The van der Waals surface area contributed by atoms with E-state index in [2.05, 4.69) is 24.3 Å². The molecule has 1 saturated carbocycles. The lowest BCUT2D eigenvalue weighted by molar-refractivity contribution is -0.126. The molecule has 0 saturated heterocycles. The maximum atomic E-state index is 13.2. The van der Waals surface area contributed by atoms with E-state index in [4.69, 9.17) is 0 Å². The first-order chi connectivity index (χ1) is 11.9. The van der Waals surface area contributed by atoms with Gasteiger partial charge in [0.2, 0.25) is 5.91 Å². The van der Waals surface area contributed by atoms with E-state index < -0.39 is 6.04 Å². The Bertz CT molecular complexity index is 549. The van der Waals surface area contributed by atoms with Gasteiger partial charge < -0.3 is 10.2 Å². The smallest absolute Gasteiger partial charge is 0.242 e. The summed E-state index contributed by atoms with van der Waals surface area (Å²) in [6.45, 7) is 0.657. The van der Waals surface area contributed by atoms with Gasteiger partial charge in [-0.05, 0) is 58.7 Å². The van der Waals surface area contributed by atoms with Gasteiger partial charge in [0, 0.05) is 12.1 Å². The van der Waals surface area contributed by atoms with Crippen LogP contribution in [0.2, 0.25) is 0 Å². The van der Waals surface area contributed by atoms with Gasteiger partial charge in [-0.15, -0.1) is 0 Å². The predicted octanol–water partition coefficient (Wildman–Crippen LogP) is 3.20. The third-order valence-corrected chi connectivity index (χ3v) is 5.53. The number of carbonyl (C=O) groups is 1. The van der Waals surface area contributed by atoms with Gasteiger partial charge >= 0.3 is 0 Å². The van der Waals surface area contributed by atoms with Crippen LogP contribution in [0.25, 0.3) is 0 Å². The number of nitrogens with one attached hydrogen (secondary N) is 1. The van der Waals surface area contributed by atoms with Crippen LogP contribution in [0.3, 0.4) is 0 Å². The van der Waals surface area contributed by atoms with Crippen LogP contribution < -0.4 is 5.32 Å². The molecule has 1 fully saturated rings. The number of rotatable bonds is 6. The highest BCUT2D eigenvalue weighted by Gasteiger charge is 2.34. The first kappa shape index (κ1) is 19.9. The van der Waals surface area contributed by atoms with Gasteiger partial charge in [-0.2, -0.15) is 0 Å². The van der Waals surface area contributed by atoms with E-state index in [1.165, 1.54) is 37.8 Å². The molecule has 2 rings (SSSR count). The Morgan fingerprint density at radius 1 is 1.08 bits per heavy atom. The van der Waals surface area contributed by atoms with Crippen molar-refractivity contribution in [3.63, 3.8) is 0 Å². The molecule has 1 aliphatic carbocycles. The van der Waals surface area contributed by atoms with Gasteiger partial charge in [-0.1, -0.05) is 37.8 Å². The van der Waals surface area contributed by atoms with Crippen molar-refractivity contribution in [3.05, 3.63) is 35.6 Å². The number of hydrogen-bond donors (Lipinski definition) is 1. The molecule has 0 heterocycles. The van der Waals surface area contributed by atoms with Crippen LogP contribution in [0, 0.1) is 5.82 Å². The fourth-order valence-electron chi connectivity index (χ4n) is 3.85. The minimum absolute atomic E-state index is 0.0259. The Labute approximate surface area is 151 Å². The summed E-state index contributed by atoms with van der Waals surface area (Å²) >= 11 is 0. The summed E-state index contributed by atoms with van der Waals surface area (Å²) in [6.07, 6.45) is 7.21. The fraction of sp³-hybridized carbons (Fsp3) is 0.650. The average molecular weight is 349 g/mol. The first-order valence-corrected chi connectivity index (χ1v) is 9.23. The monoisotopic (exact) mass is 349 g/mol. The molecule has 0 aromatic heterocycles. The van der Waals surface area contributed by atoms with Crippen LogP contribution in [0.5, 0.6) is 0 Å². The summed E-state index contributed by atoms with van der Waals surface area (Å²) in [5.41, 5.74) is 0.843. The second-order valence-corrected chi connectivity index (χ2v) is 7.67. The fourth-order valence-corrected chi connectivity index (χ4v) is 3.85. The van der Waals surface area contributed by atoms with Gasteiger partial charge in [-0.25, -0.2) is 4.39 Å². The summed E-state index contributed by atoms with van der Waals surface area (Å²) in [5, 5.41) is 3.18. The Balaban J connectivity index is 2.10. The van der Waals surface area contributed by atoms with Gasteiger partial charge in [0.05, 0.1) is 0 Å². The first-order valence-electron chi connectivity index (χ1n) is 9.23. The quantitative estimate of drug-likeness (QED) is 0.801. The van der Waals surface area contributed by atoms with Crippen molar-refractivity contribution in [1.29, 1.82) is 0 Å². The van der Waals surface area contributed by atoms with Crippen LogP contribution in [0.15, 0.2) is 24.3 Å². The Hall–Kier alpha value is -1.46. The Morgan fingerprint density at radius 3 is 2.12 bits per heavy atom. The van der Waals surface area contributed by atoms with E-state index in [9.17, 15) is 9.18 Å². The molecule has 1 aromatic rings. The van der Waals surface area contributed by atoms with Crippen molar-refractivity contribution in [3.8, 4) is 0 Å². The summed E-state index contributed by atoms with van der Waals surface area (Å²) in [6, 6.07) is 5.78. The highest BCUT2D eigenvalue weighted by molar-refractivity contribution is 5.83. The second kappa shape index (κ2) is 8.77. The SMILES string of the molecule is CN(C)[C@@H](C(=O)NCC1(N(C)C)CCCCCC1)c1ccc(F)cc1. The summed E-state index contributed by atoms with van der Waals surface area (Å²) in [7, 11) is 7.98. The number of likely N-dealkylation sites (N-methyl/N-ethyl adjacent to an activating group) is 2. The lowest BCUT2D eigenvalue weighted by Crippen LogP contribution is -2.53. The molecular weight excluding hydrogens is 317 g/mol. The minimum atomic E-state index is -0.411. The Kier molecular flexibility index (Phi) is 6.96. The largest absolute Gasteiger partial charge is 0.353 e. The summed E-state index contributed by atoms with van der Waals surface area (Å²) < 4.78 is 13.2. The van der Waals surface area contributed by atoms with Crippen molar-refractivity contribution >= 4 is 5.91 Å². The third kappa shape index (κ3) is 5.02. The minimum Gasteiger partial charge on any atom is -0.353 e. The standard InChI is InChI=1S/C20H32FN3O/c1-23(2)18(16-9-11-17(21)12-10-16)19(25)22-15-20(24(3)4)13-7-5-6-8-14-20/h9-12,18H,5-8,13-15H2,1-4H3,(H,22,25)/t18-/m1/s1. The molecule has 0 aliphatic heterocycles. The summed E-state index contributed by atoms with van der Waals surface area (Å²) in [5.74, 6) is -0.311.